The van der Waals surface area contributed by atoms with E-state index in [-0.39, 0.29) is 0 Å². The minimum Gasteiger partial charge on any atom is -0.369 e. The van der Waals surface area contributed by atoms with Crippen LogP contribution in [0.4, 0.5) is 0 Å². The van der Waals surface area contributed by atoms with Gasteiger partial charge in [-0.1, -0.05) is 23.9 Å². The molecule has 1 unspecified atom stereocenters. The lowest BCUT2D eigenvalue weighted by atomic mass is 10.2. The second-order valence-electron chi connectivity index (χ2n) is 5.44. The molecule has 22 heavy (non-hydrogen) atoms. The van der Waals surface area contributed by atoms with Gasteiger partial charge in [-0.3, -0.25) is 4.90 Å². The van der Waals surface area contributed by atoms with Gasteiger partial charge in [0.25, 0.3) is 0 Å². The summed E-state index contributed by atoms with van der Waals surface area (Å²) in [6.07, 6.45) is 2.98. The molecule has 1 N–H and O–H groups in total. The third-order valence-corrected chi connectivity index (χ3v) is 5.10. The molecule has 0 amide bonds. The summed E-state index contributed by atoms with van der Waals surface area (Å²) in [5.41, 5.74) is 3.97. The smallest absolute Gasteiger partial charge is 0.175 e. The van der Waals surface area contributed by atoms with Crippen LogP contribution in [0.3, 0.4) is 0 Å². The predicted molar refractivity (Wildman–Crippen MR) is 89.1 cm³/mol. The molecule has 0 aliphatic carbocycles. The second kappa shape index (κ2) is 5.00. The highest BCUT2D eigenvalue weighted by Crippen LogP contribution is 2.37. The van der Waals surface area contributed by atoms with Crippen LogP contribution in [-0.2, 0) is 6.54 Å². The summed E-state index contributed by atoms with van der Waals surface area (Å²) in [5, 5.41) is 11.2. The average Bonchev–Trinajstić information content (AvgIpc) is 3.02. The first-order valence-corrected chi connectivity index (χ1v) is 7.97. The van der Waals surface area contributed by atoms with Gasteiger partial charge in [-0.05, 0) is 32.1 Å². The normalized spacial score (nSPS) is 21.2. The molecule has 6 heteroatoms. The first-order chi connectivity index (χ1) is 10.6. The summed E-state index contributed by atoms with van der Waals surface area (Å²) in [6, 6.07) is 8.02. The third-order valence-electron chi connectivity index (χ3n) is 4.03. The van der Waals surface area contributed by atoms with Gasteiger partial charge in [0, 0.05) is 10.6 Å². The Morgan fingerprint density at radius 3 is 2.95 bits per heavy atom. The molecular weight excluding hydrogens is 296 g/mol. The summed E-state index contributed by atoms with van der Waals surface area (Å²) < 4.78 is 2.06. The van der Waals surface area contributed by atoms with Crippen molar-refractivity contribution >= 4 is 28.0 Å². The first-order valence-electron chi connectivity index (χ1n) is 7.15. The van der Waals surface area contributed by atoms with Crippen LogP contribution >= 0.6 is 11.8 Å². The maximum absolute atomic E-state index is 10.4. The lowest BCUT2D eigenvalue weighted by Gasteiger charge is -2.28. The van der Waals surface area contributed by atoms with Crippen molar-refractivity contribution in [3.8, 4) is 0 Å². The maximum Gasteiger partial charge on any atom is 0.175 e. The van der Waals surface area contributed by atoms with Gasteiger partial charge >= 0.3 is 0 Å². The van der Waals surface area contributed by atoms with E-state index in [1.165, 1.54) is 4.91 Å². The predicted octanol–water partition coefficient (Wildman–Crippen LogP) is 2.91. The van der Waals surface area contributed by atoms with Crippen molar-refractivity contribution in [2.45, 2.75) is 26.6 Å². The quantitative estimate of drug-likeness (QED) is 0.926. The number of rotatable bonds is 2. The summed E-state index contributed by atoms with van der Waals surface area (Å²) in [5.74, 6) is 0. The lowest BCUT2D eigenvalue weighted by Crippen LogP contribution is -2.36. The van der Waals surface area contributed by atoms with Gasteiger partial charge in [0.1, 0.15) is 0 Å². The summed E-state index contributed by atoms with van der Waals surface area (Å²) >= 11 is 1.61. The Kier molecular flexibility index (Phi) is 3.09. The Hall–Kier alpha value is -2.05. The standard InChI is InChI=1S/C16H16N4OS/c1-10-11(2)22-16-18-12(7-15(21)20(10)16)8-19-9-17-13-5-3-4-6-14(13)19/h3-7,9,15,21H,8H2,1-2H3. The van der Waals surface area contributed by atoms with Crippen LogP contribution in [0, 0.1) is 0 Å². The minimum absolute atomic E-state index is 0.605. The molecule has 112 valence electrons. The monoisotopic (exact) mass is 312 g/mol. The number of aliphatic hydroxyl groups is 1. The van der Waals surface area contributed by atoms with E-state index < -0.39 is 6.23 Å². The molecule has 2 aromatic rings. The topological polar surface area (TPSA) is 53.7 Å². The Morgan fingerprint density at radius 2 is 2.09 bits per heavy atom. The number of para-hydroxylation sites is 2. The number of allylic oxidation sites excluding steroid dienone is 3. The molecule has 0 bridgehead atoms. The number of fused-ring (bicyclic) bond motifs is 2. The van der Waals surface area contributed by atoms with Gasteiger partial charge in [0.05, 0.1) is 29.6 Å². The van der Waals surface area contributed by atoms with Crippen molar-refractivity contribution in [3.63, 3.8) is 0 Å². The number of nitrogens with zero attached hydrogens (tertiary/aromatic N) is 4. The number of aromatic nitrogens is 2. The molecule has 0 radical (unpaired) electrons. The molecule has 4 rings (SSSR count). The van der Waals surface area contributed by atoms with Crippen molar-refractivity contribution in [2.24, 2.45) is 4.99 Å². The molecule has 1 aromatic carbocycles. The van der Waals surface area contributed by atoms with Crippen LogP contribution in [-0.4, -0.2) is 31.0 Å². The van der Waals surface area contributed by atoms with E-state index >= 15 is 0 Å². The molecule has 1 aromatic heterocycles. The van der Waals surface area contributed by atoms with Crippen LogP contribution < -0.4 is 0 Å². The molecule has 0 saturated heterocycles. The van der Waals surface area contributed by atoms with E-state index in [0.717, 1.165) is 27.6 Å². The largest absolute Gasteiger partial charge is 0.369 e. The number of benzene rings is 1. The van der Waals surface area contributed by atoms with Crippen molar-refractivity contribution < 1.29 is 5.11 Å². The highest BCUT2D eigenvalue weighted by atomic mass is 32.2. The fourth-order valence-electron chi connectivity index (χ4n) is 2.77. The number of aliphatic hydroxyl groups excluding tert-OH is 1. The zero-order valence-electron chi connectivity index (χ0n) is 12.4. The van der Waals surface area contributed by atoms with Crippen LogP contribution in [0.1, 0.15) is 13.8 Å². The first kappa shape index (κ1) is 13.6. The van der Waals surface area contributed by atoms with Crippen LogP contribution in [0.15, 0.2) is 58.0 Å². The van der Waals surface area contributed by atoms with Crippen molar-refractivity contribution in [3.05, 3.63) is 53.0 Å². The number of hydrogen-bond acceptors (Lipinski definition) is 5. The number of imidazole rings is 1. The fraction of sp³-hybridized carbons (Fsp3) is 0.250. The molecule has 0 spiro atoms. The number of aliphatic imine (C=N–C) groups is 1. The molecule has 3 heterocycles. The summed E-state index contributed by atoms with van der Waals surface area (Å²) in [6.45, 7) is 4.67. The molecule has 2 aliphatic rings. The van der Waals surface area contributed by atoms with Crippen LogP contribution in [0.2, 0.25) is 0 Å². The van der Waals surface area contributed by atoms with Crippen molar-refractivity contribution in [2.75, 3.05) is 0 Å². The van der Waals surface area contributed by atoms with E-state index in [4.69, 9.17) is 4.99 Å². The van der Waals surface area contributed by atoms with E-state index in [9.17, 15) is 5.11 Å². The van der Waals surface area contributed by atoms with Gasteiger partial charge in [0.2, 0.25) is 0 Å². The highest BCUT2D eigenvalue weighted by molar-refractivity contribution is 8.17. The van der Waals surface area contributed by atoms with Crippen LogP contribution in [0.5, 0.6) is 0 Å². The minimum atomic E-state index is -0.651. The van der Waals surface area contributed by atoms with Crippen molar-refractivity contribution in [1.82, 2.24) is 14.5 Å². The van der Waals surface area contributed by atoms with Gasteiger partial charge in [-0.2, -0.15) is 0 Å². The zero-order chi connectivity index (χ0) is 15.3. The molecule has 0 saturated carbocycles. The second-order valence-corrected chi connectivity index (χ2v) is 6.62. The number of hydrogen-bond donors (Lipinski definition) is 1. The SMILES string of the molecule is CC1=C(C)N2C(=NC(Cn3cnc4ccccc43)=CC2O)S1. The molecule has 0 fully saturated rings. The Balaban J connectivity index is 1.65. The van der Waals surface area contributed by atoms with E-state index in [2.05, 4.69) is 16.5 Å². The van der Waals surface area contributed by atoms with Gasteiger partial charge in [0.15, 0.2) is 11.4 Å². The lowest BCUT2D eigenvalue weighted by molar-refractivity contribution is 0.119. The maximum atomic E-state index is 10.4. The highest BCUT2D eigenvalue weighted by Gasteiger charge is 2.31. The number of thioether (sulfide) groups is 1. The van der Waals surface area contributed by atoms with Crippen molar-refractivity contribution in [1.29, 1.82) is 0 Å². The Morgan fingerprint density at radius 1 is 1.27 bits per heavy atom. The van der Waals surface area contributed by atoms with Crippen LogP contribution in [0.25, 0.3) is 11.0 Å². The Bertz CT molecular complexity index is 849. The molecular formula is C16H16N4OS. The summed E-state index contributed by atoms with van der Waals surface area (Å²) in [7, 11) is 0. The number of amidine groups is 1. The van der Waals surface area contributed by atoms with Gasteiger partial charge < -0.3 is 9.67 Å². The third kappa shape index (κ3) is 2.07. The zero-order valence-corrected chi connectivity index (χ0v) is 13.2. The van der Waals surface area contributed by atoms with Gasteiger partial charge in [-0.25, -0.2) is 9.98 Å². The molecule has 2 aliphatic heterocycles. The fourth-order valence-corrected chi connectivity index (χ4v) is 3.79. The van der Waals surface area contributed by atoms with Gasteiger partial charge in [-0.15, -0.1) is 0 Å². The Labute approximate surface area is 132 Å². The van der Waals surface area contributed by atoms with E-state index in [1.807, 2.05) is 42.4 Å². The summed E-state index contributed by atoms with van der Waals surface area (Å²) in [4.78, 5) is 12.1. The van der Waals surface area contributed by atoms with E-state index in [1.54, 1.807) is 17.8 Å². The van der Waals surface area contributed by atoms with E-state index in [0.29, 0.717) is 6.54 Å². The average molecular weight is 312 g/mol. The molecule has 5 nitrogen and oxygen atoms in total. The molecule has 1 atom stereocenters.